The van der Waals surface area contributed by atoms with Gasteiger partial charge in [-0.1, -0.05) is 29.3 Å². The summed E-state index contributed by atoms with van der Waals surface area (Å²) in [5.74, 6) is -0.121. The molecule has 0 aliphatic carbocycles. The van der Waals surface area contributed by atoms with Crippen molar-refractivity contribution < 1.29 is 4.79 Å². The lowest BCUT2D eigenvalue weighted by Crippen LogP contribution is -2.27. The Hall–Kier alpha value is -0.770. The third kappa shape index (κ3) is 3.70. The molecular weight excluding hydrogens is 235 g/mol. The maximum Gasteiger partial charge on any atom is 0.238 e. The van der Waals surface area contributed by atoms with Crippen LogP contribution in [0.15, 0.2) is 18.2 Å². The van der Waals surface area contributed by atoms with Gasteiger partial charge < -0.3 is 10.2 Å². The molecule has 0 bridgehead atoms. The van der Waals surface area contributed by atoms with E-state index < -0.39 is 0 Å². The highest BCUT2D eigenvalue weighted by Gasteiger charge is 2.08. The highest BCUT2D eigenvalue weighted by molar-refractivity contribution is 6.43. The van der Waals surface area contributed by atoms with Crippen LogP contribution in [-0.2, 0) is 4.79 Å². The van der Waals surface area contributed by atoms with Gasteiger partial charge in [0.15, 0.2) is 0 Å². The van der Waals surface area contributed by atoms with Gasteiger partial charge in [0, 0.05) is 0 Å². The van der Waals surface area contributed by atoms with Crippen LogP contribution in [-0.4, -0.2) is 31.4 Å². The minimum atomic E-state index is -0.121. The second-order valence-corrected chi connectivity index (χ2v) is 4.17. The lowest BCUT2D eigenvalue weighted by atomic mass is 10.3. The lowest BCUT2D eigenvalue weighted by Gasteiger charge is -2.11. The number of amides is 1. The number of hydrogen-bond acceptors (Lipinski definition) is 2. The average molecular weight is 247 g/mol. The van der Waals surface area contributed by atoms with Crippen molar-refractivity contribution in [2.45, 2.75) is 0 Å². The predicted octanol–water partition coefficient (Wildman–Crippen LogP) is 2.49. The molecule has 0 saturated carbocycles. The van der Waals surface area contributed by atoms with Crippen LogP contribution < -0.4 is 5.32 Å². The maximum absolute atomic E-state index is 11.4. The molecular formula is C10H12Cl2N2O. The molecule has 82 valence electrons. The zero-order chi connectivity index (χ0) is 11.4. The average Bonchev–Trinajstić information content (AvgIpc) is 2.11. The standard InChI is InChI=1S/C10H12Cl2N2O/c1-14(2)6-9(15)13-8-5-3-4-7(11)10(8)12/h3-5H,6H2,1-2H3,(H,13,15). The molecule has 0 heterocycles. The molecule has 0 aliphatic heterocycles. The molecule has 0 fully saturated rings. The first-order valence-corrected chi connectivity index (χ1v) is 5.15. The number of carbonyl (C=O) groups is 1. The fourth-order valence-electron chi connectivity index (χ4n) is 1.08. The topological polar surface area (TPSA) is 32.3 Å². The van der Waals surface area contributed by atoms with Crippen LogP contribution in [0.4, 0.5) is 5.69 Å². The van der Waals surface area contributed by atoms with E-state index in [0.29, 0.717) is 22.3 Å². The van der Waals surface area contributed by atoms with E-state index in [1.54, 1.807) is 23.1 Å². The van der Waals surface area contributed by atoms with Crippen molar-refractivity contribution in [2.24, 2.45) is 0 Å². The SMILES string of the molecule is CN(C)CC(=O)Nc1cccc(Cl)c1Cl. The van der Waals surface area contributed by atoms with Crippen LogP contribution in [0.5, 0.6) is 0 Å². The summed E-state index contributed by atoms with van der Waals surface area (Å²) in [5, 5.41) is 3.48. The Morgan fingerprint density at radius 2 is 2.07 bits per heavy atom. The van der Waals surface area contributed by atoms with Gasteiger partial charge in [-0.3, -0.25) is 4.79 Å². The maximum atomic E-state index is 11.4. The Kier molecular flexibility index (Phi) is 4.39. The first-order valence-electron chi connectivity index (χ1n) is 4.39. The summed E-state index contributed by atoms with van der Waals surface area (Å²) in [6.45, 7) is 0.308. The first kappa shape index (κ1) is 12.3. The normalized spacial score (nSPS) is 10.5. The number of hydrogen-bond donors (Lipinski definition) is 1. The van der Waals surface area contributed by atoms with Gasteiger partial charge in [-0.2, -0.15) is 0 Å². The Morgan fingerprint density at radius 1 is 1.40 bits per heavy atom. The summed E-state index contributed by atoms with van der Waals surface area (Å²) in [6, 6.07) is 5.12. The Bertz CT molecular complexity index is 366. The summed E-state index contributed by atoms with van der Waals surface area (Å²) < 4.78 is 0. The van der Waals surface area contributed by atoms with Crippen LogP contribution in [0.2, 0.25) is 10.0 Å². The van der Waals surface area contributed by atoms with E-state index >= 15 is 0 Å². The first-order chi connectivity index (χ1) is 7.00. The van der Waals surface area contributed by atoms with Crippen molar-refractivity contribution in [3.8, 4) is 0 Å². The predicted molar refractivity (Wildman–Crippen MR) is 63.6 cm³/mol. The molecule has 15 heavy (non-hydrogen) atoms. The number of likely N-dealkylation sites (N-methyl/N-ethyl adjacent to an activating group) is 1. The van der Waals surface area contributed by atoms with Crippen molar-refractivity contribution >= 4 is 34.8 Å². The van der Waals surface area contributed by atoms with Gasteiger partial charge in [0.05, 0.1) is 22.3 Å². The van der Waals surface area contributed by atoms with Crippen LogP contribution in [0.1, 0.15) is 0 Å². The summed E-state index contributed by atoms with van der Waals surface area (Å²) in [5.41, 5.74) is 0.538. The van der Waals surface area contributed by atoms with Gasteiger partial charge in [0.25, 0.3) is 0 Å². The third-order valence-corrected chi connectivity index (χ3v) is 2.50. The molecule has 0 atom stereocenters. The summed E-state index contributed by atoms with van der Waals surface area (Å²) in [6.07, 6.45) is 0. The molecule has 0 aromatic heterocycles. The second-order valence-electron chi connectivity index (χ2n) is 3.39. The molecule has 0 unspecified atom stereocenters. The van der Waals surface area contributed by atoms with Crippen LogP contribution in [0.25, 0.3) is 0 Å². The molecule has 1 N–H and O–H groups in total. The monoisotopic (exact) mass is 246 g/mol. The lowest BCUT2D eigenvalue weighted by molar-refractivity contribution is -0.116. The largest absolute Gasteiger partial charge is 0.324 e. The number of carbonyl (C=O) groups excluding carboxylic acids is 1. The fraction of sp³-hybridized carbons (Fsp3) is 0.300. The number of anilines is 1. The molecule has 0 aliphatic rings. The third-order valence-electron chi connectivity index (χ3n) is 1.69. The smallest absolute Gasteiger partial charge is 0.238 e. The summed E-state index contributed by atoms with van der Waals surface area (Å²) in [7, 11) is 3.64. The van der Waals surface area contributed by atoms with Gasteiger partial charge >= 0.3 is 0 Å². The summed E-state index contributed by atoms with van der Waals surface area (Å²) >= 11 is 11.7. The van der Waals surface area contributed by atoms with Crippen LogP contribution >= 0.6 is 23.2 Å². The highest BCUT2D eigenvalue weighted by Crippen LogP contribution is 2.29. The molecule has 1 rings (SSSR count). The molecule has 0 radical (unpaired) electrons. The van der Waals surface area contributed by atoms with Crippen molar-refractivity contribution in [1.82, 2.24) is 4.90 Å². The van der Waals surface area contributed by atoms with E-state index in [4.69, 9.17) is 23.2 Å². The van der Waals surface area contributed by atoms with Crippen molar-refractivity contribution in [2.75, 3.05) is 26.0 Å². The van der Waals surface area contributed by atoms with Gasteiger partial charge in [0.2, 0.25) is 5.91 Å². The van der Waals surface area contributed by atoms with E-state index in [1.807, 2.05) is 14.1 Å². The van der Waals surface area contributed by atoms with Crippen molar-refractivity contribution in [3.05, 3.63) is 28.2 Å². The number of benzene rings is 1. The van der Waals surface area contributed by atoms with Crippen LogP contribution in [0.3, 0.4) is 0 Å². The number of nitrogens with one attached hydrogen (secondary N) is 1. The molecule has 1 aromatic rings. The quantitative estimate of drug-likeness (QED) is 0.889. The Labute approximate surface area is 99.0 Å². The highest BCUT2D eigenvalue weighted by atomic mass is 35.5. The summed E-state index contributed by atoms with van der Waals surface area (Å²) in [4.78, 5) is 13.2. The van der Waals surface area contributed by atoms with Gasteiger partial charge in [-0.05, 0) is 26.2 Å². The van der Waals surface area contributed by atoms with E-state index in [0.717, 1.165) is 0 Å². The van der Waals surface area contributed by atoms with Crippen LogP contribution in [0, 0.1) is 0 Å². The zero-order valence-electron chi connectivity index (χ0n) is 8.55. The minimum Gasteiger partial charge on any atom is -0.324 e. The molecule has 0 saturated heterocycles. The molecule has 1 amide bonds. The van der Waals surface area contributed by atoms with E-state index in [9.17, 15) is 4.79 Å². The minimum absolute atomic E-state index is 0.121. The Morgan fingerprint density at radius 3 is 2.67 bits per heavy atom. The van der Waals surface area contributed by atoms with Gasteiger partial charge in [-0.25, -0.2) is 0 Å². The zero-order valence-corrected chi connectivity index (χ0v) is 10.1. The second kappa shape index (κ2) is 5.35. The van der Waals surface area contributed by atoms with Gasteiger partial charge in [-0.15, -0.1) is 0 Å². The number of nitrogens with zero attached hydrogens (tertiary/aromatic N) is 1. The fourth-order valence-corrected chi connectivity index (χ4v) is 1.43. The van der Waals surface area contributed by atoms with Crippen molar-refractivity contribution in [3.63, 3.8) is 0 Å². The van der Waals surface area contributed by atoms with E-state index in [1.165, 1.54) is 0 Å². The molecule has 3 nitrogen and oxygen atoms in total. The van der Waals surface area contributed by atoms with E-state index in [2.05, 4.69) is 5.32 Å². The van der Waals surface area contributed by atoms with Crippen molar-refractivity contribution in [1.29, 1.82) is 0 Å². The number of halogens is 2. The Balaban J connectivity index is 2.73. The molecule has 1 aromatic carbocycles. The van der Waals surface area contributed by atoms with E-state index in [-0.39, 0.29) is 5.91 Å². The molecule has 5 heteroatoms. The molecule has 0 spiro atoms. The number of rotatable bonds is 3. The van der Waals surface area contributed by atoms with Gasteiger partial charge in [0.1, 0.15) is 0 Å².